The number of aliphatic imine (C=N–C) groups is 1. The molecule has 1 aromatic rings. The van der Waals surface area contributed by atoms with Gasteiger partial charge in [0.05, 0.1) is 12.1 Å². The molecule has 2 rings (SSSR count). The van der Waals surface area contributed by atoms with Gasteiger partial charge in [0.25, 0.3) is 0 Å². The SMILES string of the molecule is Brc1cncc(C2=NCCO2)c1. The van der Waals surface area contributed by atoms with Crippen LogP contribution in [0.4, 0.5) is 0 Å². The lowest BCUT2D eigenvalue weighted by Crippen LogP contribution is -2.01. The van der Waals surface area contributed by atoms with Gasteiger partial charge in [0.15, 0.2) is 0 Å². The molecule has 0 fully saturated rings. The van der Waals surface area contributed by atoms with E-state index < -0.39 is 0 Å². The second-order valence-corrected chi connectivity index (χ2v) is 3.34. The highest BCUT2D eigenvalue weighted by molar-refractivity contribution is 9.10. The number of pyridine rings is 1. The molecule has 2 heterocycles. The normalized spacial score (nSPS) is 15.6. The average Bonchev–Trinajstić information content (AvgIpc) is 2.56. The minimum absolute atomic E-state index is 0.682. The van der Waals surface area contributed by atoms with Gasteiger partial charge in [-0.25, -0.2) is 4.99 Å². The first-order valence-electron chi connectivity index (χ1n) is 3.64. The summed E-state index contributed by atoms with van der Waals surface area (Å²) in [5, 5.41) is 0. The number of ether oxygens (including phenoxy) is 1. The van der Waals surface area contributed by atoms with Gasteiger partial charge in [-0.05, 0) is 22.0 Å². The van der Waals surface area contributed by atoms with Crippen molar-refractivity contribution in [2.24, 2.45) is 4.99 Å². The monoisotopic (exact) mass is 226 g/mol. The standard InChI is InChI=1S/C8H7BrN2O/c9-7-3-6(4-10-5-7)8-11-1-2-12-8/h3-5H,1-2H2. The van der Waals surface area contributed by atoms with E-state index in [4.69, 9.17) is 4.74 Å². The van der Waals surface area contributed by atoms with Crippen molar-refractivity contribution in [1.29, 1.82) is 0 Å². The van der Waals surface area contributed by atoms with Gasteiger partial charge in [0.1, 0.15) is 6.61 Å². The van der Waals surface area contributed by atoms with E-state index in [0.717, 1.165) is 16.6 Å². The predicted molar refractivity (Wildman–Crippen MR) is 49.3 cm³/mol. The van der Waals surface area contributed by atoms with Crippen LogP contribution in [0.2, 0.25) is 0 Å². The molecule has 0 N–H and O–H groups in total. The van der Waals surface area contributed by atoms with Crippen LogP contribution in [0.25, 0.3) is 0 Å². The van der Waals surface area contributed by atoms with Crippen LogP contribution < -0.4 is 0 Å². The number of nitrogens with zero attached hydrogens (tertiary/aromatic N) is 2. The average molecular weight is 227 g/mol. The van der Waals surface area contributed by atoms with Crippen molar-refractivity contribution in [3.05, 3.63) is 28.5 Å². The summed E-state index contributed by atoms with van der Waals surface area (Å²) in [7, 11) is 0. The Morgan fingerprint density at radius 2 is 2.33 bits per heavy atom. The maximum Gasteiger partial charge on any atom is 0.217 e. The van der Waals surface area contributed by atoms with Crippen molar-refractivity contribution < 1.29 is 4.74 Å². The summed E-state index contributed by atoms with van der Waals surface area (Å²) >= 11 is 3.34. The smallest absolute Gasteiger partial charge is 0.217 e. The second kappa shape index (κ2) is 3.23. The van der Waals surface area contributed by atoms with Gasteiger partial charge in [-0.15, -0.1) is 0 Å². The van der Waals surface area contributed by atoms with E-state index in [0.29, 0.717) is 12.5 Å². The number of hydrogen-bond donors (Lipinski definition) is 0. The number of halogens is 1. The van der Waals surface area contributed by atoms with E-state index in [1.165, 1.54) is 0 Å². The highest BCUT2D eigenvalue weighted by Crippen LogP contribution is 2.12. The molecule has 0 saturated heterocycles. The van der Waals surface area contributed by atoms with Crippen LogP contribution in [-0.2, 0) is 4.74 Å². The Balaban J connectivity index is 2.33. The van der Waals surface area contributed by atoms with Crippen molar-refractivity contribution >= 4 is 21.8 Å². The molecule has 4 heteroatoms. The Kier molecular flexibility index (Phi) is 2.08. The van der Waals surface area contributed by atoms with E-state index in [9.17, 15) is 0 Å². The molecule has 0 unspecified atom stereocenters. The van der Waals surface area contributed by atoms with Crippen LogP contribution >= 0.6 is 15.9 Å². The van der Waals surface area contributed by atoms with Crippen molar-refractivity contribution in [3.8, 4) is 0 Å². The Morgan fingerprint density at radius 3 is 3.00 bits per heavy atom. The molecule has 0 atom stereocenters. The van der Waals surface area contributed by atoms with Gasteiger partial charge in [-0.2, -0.15) is 0 Å². The minimum Gasteiger partial charge on any atom is -0.475 e. The molecule has 0 aliphatic carbocycles. The molecule has 12 heavy (non-hydrogen) atoms. The van der Waals surface area contributed by atoms with E-state index in [1.807, 2.05) is 6.07 Å². The fourth-order valence-electron chi connectivity index (χ4n) is 1.04. The zero-order valence-corrected chi connectivity index (χ0v) is 7.91. The van der Waals surface area contributed by atoms with Crippen LogP contribution in [0.3, 0.4) is 0 Å². The lowest BCUT2D eigenvalue weighted by atomic mass is 10.3. The van der Waals surface area contributed by atoms with Crippen molar-refractivity contribution in [2.45, 2.75) is 0 Å². The van der Waals surface area contributed by atoms with Gasteiger partial charge in [0.2, 0.25) is 5.90 Å². The molecule has 1 aliphatic heterocycles. The summed E-state index contributed by atoms with van der Waals surface area (Å²) in [6, 6.07) is 1.94. The van der Waals surface area contributed by atoms with Crippen LogP contribution in [0.15, 0.2) is 27.9 Å². The molecule has 0 radical (unpaired) electrons. The van der Waals surface area contributed by atoms with Gasteiger partial charge < -0.3 is 4.74 Å². The van der Waals surface area contributed by atoms with Crippen LogP contribution in [0.1, 0.15) is 5.56 Å². The quantitative estimate of drug-likeness (QED) is 0.730. The Hall–Kier alpha value is -0.900. The van der Waals surface area contributed by atoms with Crippen molar-refractivity contribution in [3.63, 3.8) is 0 Å². The molecule has 0 amide bonds. The molecule has 0 aromatic carbocycles. The van der Waals surface area contributed by atoms with E-state index in [1.54, 1.807) is 12.4 Å². The zero-order valence-electron chi connectivity index (χ0n) is 6.33. The minimum atomic E-state index is 0.682. The Bertz CT molecular complexity index is 325. The third kappa shape index (κ3) is 1.48. The van der Waals surface area contributed by atoms with Gasteiger partial charge in [-0.1, -0.05) is 0 Å². The molecule has 3 nitrogen and oxygen atoms in total. The predicted octanol–water partition coefficient (Wildman–Crippen LogP) is 1.62. The summed E-state index contributed by atoms with van der Waals surface area (Å²) in [4.78, 5) is 8.20. The molecular formula is C8H7BrN2O. The molecule has 0 saturated carbocycles. The summed E-state index contributed by atoms with van der Waals surface area (Å²) < 4.78 is 6.23. The topological polar surface area (TPSA) is 34.5 Å². The zero-order chi connectivity index (χ0) is 8.39. The first kappa shape index (κ1) is 7.73. The maximum atomic E-state index is 5.28. The number of hydrogen-bond acceptors (Lipinski definition) is 3. The third-order valence-corrected chi connectivity index (χ3v) is 1.97. The summed E-state index contributed by atoms with van der Waals surface area (Å²) in [5.41, 5.74) is 0.932. The fraction of sp³-hybridized carbons (Fsp3) is 0.250. The van der Waals surface area contributed by atoms with E-state index >= 15 is 0 Å². The third-order valence-electron chi connectivity index (χ3n) is 1.54. The van der Waals surface area contributed by atoms with E-state index in [2.05, 4.69) is 25.9 Å². The highest BCUT2D eigenvalue weighted by Gasteiger charge is 2.09. The molecular weight excluding hydrogens is 220 g/mol. The van der Waals surface area contributed by atoms with Crippen molar-refractivity contribution in [1.82, 2.24) is 4.98 Å². The first-order valence-corrected chi connectivity index (χ1v) is 4.44. The van der Waals surface area contributed by atoms with Gasteiger partial charge in [0, 0.05) is 16.9 Å². The summed E-state index contributed by atoms with van der Waals surface area (Å²) in [6.07, 6.45) is 3.48. The Morgan fingerprint density at radius 1 is 1.42 bits per heavy atom. The fourth-order valence-corrected chi connectivity index (χ4v) is 1.40. The molecule has 0 spiro atoms. The van der Waals surface area contributed by atoms with Crippen LogP contribution in [-0.4, -0.2) is 24.0 Å². The lowest BCUT2D eigenvalue weighted by molar-refractivity contribution is 0.348. The van der Waals surface area contributed by atoms with E-state index in [-0.39, 0.29) is 0 Å². The summed E-state index contributed by atoms with van der Waals surface area (Å²) in [6.45, 7) is 1.43. The second-order valence-electron chi connectivity index (χ2n) is 2.43. The Labute approximate surface area is 78.6 Å². The largest absolute Gasteiger partial charge is 0.475 e. The first-order chi connectivity index (χ1) is 5.86. The lowest BCUT2D eigenvalue weighted by Gasteiger charge is -2.00. The maximum absolute atomic E-state index is 5.28. The van der Waals surface area contributed by atoms with Gasteiger partial charge >= 0.3 is 0 Å². The molecule has 1 aromatic heterocycles. The number of aromatic nitrogens is 1. The van der Waals surface area contributed by atoms with Crippen LogP contribution in [0, 0.1) is 0 Å². The van der Waals surface area contributed by atoms with Gasteiger partial charge in [-0.3, -0.25) is 4.98 Å². The number of rotatable bonds is 1. The van der Waals surface area contributed by atoms with Crippen molar-refractivity contribution in [2.75, 3.05) is 13.2 Å². The summed E-state index contributed by atoms with van der Waals surface area (Å²) in [5.74, 6) is 0.698. The molecule has 1 aliphatic rings. The highest BCUT2D eigenvalue weighted by atomic mass is 79.9. The molecule has 0 bridgehead atoms. The van der Waals surface area contributed by atoms with Crippen LogP contribution in [0.5, 0.6) is 0 Å². The molecule has 62 valence electrons.